The summed E-state index contributed by atoms with van der Waals surface area (Å²) in [6, 6.07) is 7.69. The van der Waals surface area contributed by atoms with E-state index >= 15 is 0 Å². The first kappa shape index (κ1) is 16.0. The number of benzene rings is 1. The van der Waals surface area contributed by atoms with Gasteiger partial charge in [-0.1, -0.05) is 19.1 Å². The molecule has 1 rings (SSSR count). The second-order valence-electron chi connectivity index (χ2n) is 5.44. The molecule has 1 unspecified atom stereocenters. The third-order valence-electron chi connectivity index (χ3n) is 3.29. The summed E-state index contributed by atoms with van der Waals surface area (Å²) < 4.78 is 10.9. The zero-order valence-electron chi connectivity index (χ0n) is 12.5. The van der Waals surface area contributed by atoms with E-state index in [-0.39, 0.29) is 5.60 Å². The lowest BCUT2D eigenvalue weighted by Crippen LogP contribution is -2.23. The van der Waals surface area contributed by atoms with Crippen molar-refractivity contribution in [3.8, 4) is 5.75 Å². The van der Waals surface area contributed by atoms with Crippen molar-refractivity contribution in [1.82, 2.24) is 0 Å². The summed E-state index contributed by atoms with van der Waals surface area (Å²) >= 11 is 0. The monoisotopic (exact) mass is 266 g/mol. The minimum atomic E-state index is -0.473. The number of hydrogen-bond acceptors (Lipinski definition) is 3. The molecule has 1 aromatic carbocycles. The highest BCUT2D eigenvalue weighted by Gasteiger charge is 2.19. The minimum Gasteiger partial charge on any atom is -0.494 e. The maximum atomic E-state index is 10.2. The molecular formula is C16H26O3. The smallest absolute Gasteiger partial charge is 0.119 e. The predicted octanol–water partition coefficient (Wildman–Crippen LogP) is 3.71. The second kappa shape index (κ2) is 7.51. The van der Waals surface area contributed by atoms with Crippen LogP contribution in [0.3, 0.4) is 0 Å². The first-order valence-electron chi connectivity index (χ1n) is 6.94. The van der Waals surface area contributed by atoms with Gasteiger partial charge in [0.2, 0.25) is 0 Å². The van der Waals surface area contributed by atoms with Gasteiger partial charge < -0.3 is 14.6 Å². The van der Waals surface area contributed by atoms with E-state index in [1.165, 1.54) is 0 Å². The first-order chi connectivity index (χ1) is 8.98. The highest BCUT2D eigenvalue weighted by Crippen LogP contribution is 2.26. The van der Waals surface area contributed by atoms with Crippen molar-refractivity contribution in [2.45, 2.75) is 51.7 Å². The third-order valence-corrected chi connectivity index (χ3v) is 3.29. The number of methoxy groups -OCH3 is 1. The van der Waals surface area contributed by atoms with Gasteiger partial charge in [0.15, 0.2) is 0 Å². The Kier molecular flexibility index (Phi) is 6.32. The van der Waals surface area contributed by atoms with Crippen LogP contribution in [0.4, 0.5) is 0 Å². The van der Waals surface area contributed by atoms with E-state index < -0.39 is 6.10 Å². The Bertz CT molecular complexity index is 374. The Labute approximate surface area is 116 Å². The van der Waals surface area contributed by atoms with E-state index in [0.717, 1.165) is 24.2 Å². The van der Waals surface area contributed by atoms with Gasteiger partial charge in [0.25, 0.3) is 0 Å². The summed E-state index contributed by atoms with van der Waals surface area (Å²) in [6.45, 7) is 6.84. The average Bonchev–Trinajstić information content (AvgIpc) is 2.43. The Balaban J connectivity index is 2.58. The average molecular weight is 266 g/mol. The summed E-state index contributed by atoms with van der Waals surface area (Å²) in [4.78, 5) is 0. The molecular weight excluding hydrogens is 240 g/mol. The molecule has 0 saturated carbocycles. The van der Waals surface area contributed by atoms with Crippen LogP contribution < -0.4 is 4.74 Å². The molecule has 0 saturated heterocycles. The molecule has 0 fully saturated rings. The van der Waals surface area contributed by atoms with Crippen LogP contribution in [-0.2, 0) is 4.74 Å². The van der Waals surface area contributed by atoms with Gasteiger partial charge in [0.05, 0.1) is 18.3 Å². The fourth-order valence-corrected chi connectivity index (χ4v) is 1.78. The van der Waals surface area contributed by atoms with Crippen molar-refractivity contribution in [2.24, 2.45) is 0 Å². The zero-order valence-corrected chi connectivity index (χ0v) is 12.5. The van der Waals surface area contributed by atoms with Gasteiger partial charge >= 0.3 is 0 Å². The fraction of sp³-hybridized carbons (Fsp3) is 0.625. The van der Waals surface area contributed by atoms with Crippen LogP contribution in [0, 0.1) is 0 Å². The van der Waals surface area contributed by atoms with Gasteiger partial charge in [-0.15, -0.1) is 0 Å². The summed E-state index contributed by atoms with van der Waals surface area (Å²) in [5, 5.41) is 10.2. The van der Waals surface area contributed by atoms with Crippen molar-refractivity contribution < 1.29 is 14.6 Å². The van der Waals surface area contributed by atoms with Gasteiger partial charge in [-0.2, -0.15) is 0 Å². The molecule has 3 heteroatoms. The lowest BCUT2D eigenvalue weighted by atomic mass is 9.96. The molecule has 108 valence electrons. The van der Waals surface area contributed by atoms with Crippen molar-refractivity contribution in [2.75, 3.05) is 13.7 Å². The summed E-state index contributed by atoms with van der Waals surface area (Å²) in [5.74, 6) is 0.824. The minimum absolute atomic E-state index is 0.197. The van der Waals surface area contributed by atoms with E-state index in [0.29, 0.717) is 13.0 Å². The maximum absolute atomic E-state index is 10.2. The molecule has 1 N–H and O–H groups in total. The van der Waals surface area contributed by atoms with E-state index in [4.69, 9.17) is 9.47 Å². The summed E-state index contributed by atoms with van der Waals surface area (Å²) in [5.41, 5.74) is 0.706. The standard InChI is InChI=1S/C16H26O3/c1-5-11-19-14-8-6-7-13(12-14)15(17)9-10-16(2,3)18-4/h6-8,12,15,17H,5,9-11H2,1-4H3. The Morgan fingerprint density at radius 1 is 1.32 bits per heavy atom. The Morgan fingerprint density at radius 2 is 2.05 bits per heavy atom. The number of hydrogen-bond donors (Lipinski definition) is 1. The van der Waals surface area contributed by atoms with Crippen LogP contribution in [-0.4, -0.2) is 24.4 Å². The number of aliphatic hydroxyl groups is 1. The molecule has 0 amide bonds. The molecule has 19 heavy (non-hydrogen) atoms. The normalized spacial score (nSPS) is 13.3. The van der Waals surface area contributed by atoms with Gasteiger partial charge in [-0.05, 0) is 50.8 Å². The quantitative estimate of drug-likeness (QED) is 0.779. The predicted molar refractivity (Wildman–Crippen MR) is 77.5 cm³/mol. The van der Waals surface area contributed by atoms with Crippen molar-refractivity contribution >= 4 is 0 Å². The summed E-state index contributed by atoms with van der Waals surface area (Å²) in [7, 11) is 1.70. The van der Waals surface area contributed by atoms with Crippen LogP contribution >= 0.6 is 0 Å². The third kappa shape index (κ3) is 5.62. The first-order valence-corrected chi connectivity index (χ1v) is 6.94. The molecule has 0 aliphatic carbocycles. The van der Waals surface area contributed by atoms with Gasteiger partial charge in [0.1, 0.15) is 5.75 Å². The highest BCUT2D eigenvalue weighted by atomic mass is 16.5. The van der Waals surface area contributed by atoms with Crippen LogP contribution in [0.5, 0.6) is 5.75 Å². The van der Waals surface area contributed by atoms with Crippen LogP contribution in [0.2, 0.25) is 0 Å². The molecule has 0 spiro atoms. The van der Waals surface area contributed by atoms with Gasteiger partial charge in [0, 0.05) is 7.11 Å². The van der Waals surface area contributed by atoms with E-state index in [2.05, 4.69) is 6.92 Å². The number of ether oxygens (including phenoxy) is 2. The van der Waals surface area contributed by atoms with Gasteiger partial charge in [-0.25, -0.2) is 0 Å². The SMILES string of the molecule is CCCOc1cccc(C(O)CCC(C)(C)OC)c1. The van der Waals surface area contributed by atoms with E-state index in [9.17, 15) is 5.11 Å². The molecule has 0 aliphatic heterocycles. The van der Waals surface area contributed by atoms with Crippen molar-refractivity contribution in [3.05, 3.63) is 29.8 Å². The molecule has 1 atom stereocenters. The highest BCUT2D eigenvalue weighted by molar-refractivity contribution is 5.29. The molecule has 0 radical (unpaired) electrons. The van der Waals surface area contributed by atoms with E-state index in [1.54, 1.807) is 7.11 Å². The lowest BCUT2D eigenvalue weighted by molar-refractivity contribution is 0.00277. The van der Waals surface area contributed by atoms with Crippen molar-refractivity contribution in [1.29, 1.82) is 0 Å². The fourth-order valence-electron chi connectivity index (χ4n) is 1.78. The topological polar surface area (TPSA) is 38.7 Å². The second-order valence-corrected chi connectivity index (χ2v) is 5.44. The maximum Gasteiger partial charge on any atom is 0.119 e. The van der Waals surface area contributed by atoms with Crippen LogP contribution in [0.15, 0.2) is 24.3 Å². The Hall–Kier alpha value is -1.06. The Morgan fingerprint density at radius 3 is 2.68 bits per heavy atom. The van der Waals surface area contributed by atoms with Gasteiger partial charge in [-0.3, -0.25) is 0 Å². The molecule has 0 heterocycles. The molecule has 1 aromatic rings. The molecule has 0 bridgehead atoms. The number of rotatable bonds is 8. The molecule has 3 nitrogen and oxygen atoms in total. The molecule has 0 aromatic heterocycles. The molecule has 0 aliphatic rings. The van der Waals surface area contributed by atoms with Crippen molar-refractivity contribution in [3.63, 3.8) is 0 Å². The van der Waals surface area contributed by atoms with Crippen LogP contribution in [0.1, 0.15) is 51.7 Å². The zero-order chi connectivity index (χ0) is 14.3. The summed E-state index contributed by atoms with van der Waals surface area (Å²) in [6.07, 6.45) is 2.00. The van der Waals surface area contributed by atoms with Crippen LogP contribution in [0.25, 0.3) is 0 Å². The lowest BCUT2D eigenvalue weighted by Gasteiger charge is -2.24. The largest absolute Gasteiger partial charge is 0.494 e. The van der Waals surface area contributed by atoms with E-state index in [1.807, 2.05) is 38.1 Å². The number of aliphatic hydroxyl groups excluding tert-OH is 1.